The zero-order valence-corrected chi connectivity index (χ0v) is 8.64. The van der Waals surface area contributed by atoms with Gasteiger partial charge in [0.2, 0.25) is 0 Å². The summed E-state index contributed by atoms with van der Waals surface area (Å²) in [7, 11) is 0. The number of rotatable bonds is 6. The molecule has 78 valence electrons. The molecule has 1 aliphatic rings. The Hall–Kier alpha value is -0.120. The van der Waals surface area contributed by atoms with Crippen LogP contribution in [0.1, 0.15) is 26.2 Å². The van der Waals surface area contributed by atoms with E-state index in [0.717, 1.165) is 32.8 Å². The molecular weight excluding hydrogens is 164 g/mol. The molecule has 0 amide bonds. The zero-order chi connectivity index (χ0) is 9.36. The van der Waals surface area contributed by atoms with Crippen LogP contribution < -0.4 is 10.6 Å². The average Bonchev–Trinajstić information content (AvgIpc) is 2.19. The highest BCUT2D eigenvalue weighted by molar-refractivity contribution is 4.66. The first-order chi connectivity index (χ1) is 6.43. The van der Waals surface area contributed by atoms with Crippen LogP contribution in [0, 0.1) is 0 Å². The van der Waals surface area contributed by atoms with E-state index in [2.05, 4.69) is 17.6 Å². The van der Waals surface area contributed by atoms with Crippen molar-refractivity contribution in [2.75, 3.05) is 32.8 Å². The predicted octanol–water partition coefficient (Wildman–Crippen LogP) is 0.755. The first-order valence-corrected chi connectivity index (χ1v) is 5.46. The van der Waals surface area contributed by atoms with E-state index in [0.29, 0.717) is 6.10 Å². The first kappa shape index (κ1) is 11.0. The molecule has 0 aromatic carbocycles. The van der Waals surface area contributed by atoms with Crippen molar-refractivity contribution in [1.29, 1.82) is 0 Å². The van der Waals surface area contributed by atoms with Gasteiger partial charge in [0.1, 0.15) is 0 Å². The Labute approximate surface area is 81.2 Å². The Morgan fingerprint density at radius 1 is 1.23 bits per heavy atom. The lowest BCUT2D eigenvalue weighted by Crippen LogP contribution is -2.35. The maximum Gasteiger partial charge on any atom is 0.0699 e. The van der Waals surface area contributed by atoms with Crippen LogP contribution in [0.2, 0.25) is 0 Å². The third-order valence-electron chi connectivity index (χ3n) is 2.37. The Morgan fingerprint density at radius 2 is 2.08 bits per heavy atom. The second kappa shape index (κ2) is 7.30. The summed E-state index contributed by atoms with van der Waals surface area (Å²) in [4.78, 5) is 0. The van der Waals surface area contributed by atoms with Crippen LogP contribution in [0.4, 0.5) is 0 Å². The minimum atomic E-state index is 0.468. The number of hydrogen-bond donors (Lipinski definition) is 2. The minimum Gasteiger partial charge on any atom is -0.377 e. The van der Waals surface area contributed by atoms with Gasteiger partial charge in [-0.2, -0.15) is 0 Å². The van der Waals surface area contributed by atoms with Crippen molar-refractivity contribution in [3.05, 3.63) is 0 Å². The normalized spacial score (nSPS) is 23.3. The fourth-order valence-corrected chi connectivity index (χ4v) is 1.58. The van der Waals surface area contributed by atoms with Crippen LogP contribution in [0.5, 0.6) is 0 Å². The molecule has 2 N–H and O–H groups in total. The SMILES string of the molecule is CCNCCNCC1CCCCO1. The fraction of sp³-hybridized carbons (Fsp3) is 1.00. The van der Waals surface area contributed by atoms with Gasteiger partial charge in [0, 0.05) is 26.2 Å². The summed E-state index contributed by atoms with van der Waals surface area (Å²) in [5.41, 5.74) is 0. The lowest BCUT2D eigenvalue weighted by molar-refractivity contribution is 0.0171. The van der Waals surface area contributed by atoms with Gasteiger partial charge in [0.15, 0.2) is 0 Å². The highest BCUT2D eigenvalue weighted by atomic mass is 16.5. The van der Waals surface area contributed by atoms with E-state index >= 15 is 0 Å². The van der Waals surface area contributed by atoms with Crippen molar-refractivity contribution in [3.63, 3.8) is 0 Å². The summed E-state index contributed by atoms with van der Waals surface area (Å²) in [5.74, 6) is 0. The van der Waals surface area contributed by atoms with Gasteiger partial charge in [-0.15, -0.1) is 0 Å². The van der Waals surface area contributed by atoms with Crippen LogP contribution in [-0.2, 0) is 4.74 Å². The zero-order valence-electron chi connectivity index (χ0n) is 8.64. The molecule has 1 heterocycles. The number of ether oxygens (including phenoxy) is 1. The third-order valence-corrected chi connectivity index (χ3v) is 2.37. The molecule has 1 rings (SSSR count). The van der Waals surface area contributed by atoms with Gasteiger partial charge in [-0.25, -0.2) is 0 Å². The molecule has 0 saturated carbocycles. The lowest BCUT2D eigenvalue weighted by atomic mass is 10.1. The molecule has 1 unspecified atom stereocenters. The Kier molecular flexibility index (Phi) is 6.15. The summed E-state index contributed by atoms with van der Waals surface area (Å²) in [6.07, 6.45) is 4.28. The van der Waals surface area contributed by atoms with E-state index in [-0.39, 0.29) is 0 Å². The number of likely N-dealkylation sites (N-methyl/N-ethyl adjacent to an activating group) is 1. The third kappa shape index (κ3) is 5.24. The summed E-state index contributed by atoms with van der Waals surface area (Å²) in [6.45, 7) is 7.27. The topological polar surface area (TPSA) is 33.3 Å². The maximum atomic E-state index is 5.60. The van der Waals surface area contributed by atoms with Gasteiger partial charge in [0.05, 0.1) is 6.10 Å². The Morgan fingerprint density at radius 3 is 2.77 bits per heavy atom. The number of hydrogen-bond acceptors (Lipinski definition) is 3. The van der Waals surface area contributed by atoms with Crippen LogP contribution in [0.25, 0.3) is 0 Å². The smallest absolute Gasteiger partial charge is 0.0699 e. The quantitative estimate of drug-likeness (QED) is 0.601. The summed E-state index contributed by atoms with van der Waals surface area (Å²) >= 11 is 0. The van der Waals surface area contributed by atoms with Gasteiger partial charge >= 0.3 is 0 Å². The minimum absolute atomic E-state index is 0.468. The highest BCUT2D eigenvalue weighted by Crippen LogP contribution is 2.11. The molecule has 1 saturated heterocycles. The summed E-state index contributed by atoms with van der Waals surface area (Å²) in [6, 6.07) is 0. The van der Waals surface area contributed by atoms with Crippen LogP contribution in [0.15, 0.2) is 0 Å². The monoisotopic (exact) mass is 186 g/mol. The molecule has 1 atom stereocenters. The van der Waals surface area contributed by atoms with Crippen LogP contribution in [0.3, 0.4) is 0 Å². The summed E-state index contributed by atoms with van der Waals surface area (Å²) in [5, 5.41) is 6.69. The van der Waals surface area contributed by atoms with Gasteiger partial charge < -0.3 is 15.4 Å². The van der Waals surface area contributed by atoms with E-state index in [1.54, 1.807) is 0 Å². The molecule has 0 aromatic rings. The first-order valence-electron chi connectivity index (χ1n) is 5.46. The average molecular weight is 186 g/mol. The molecule has 0 radical (unpaired) electrons. The molecule has 3 nitrogen and oxygen atoms in total. The molecule has 3 heteroatoms. The molecule has 13 heavy (non-hydrogen) atoms. The van der Waals surface area contributed by atoms with Gasteiger partial charge in [-0.1, -0.05) is 6.92 Å². The van der Waals surface area contributed by atoms with Crippen LogP contribution >= 0.6 is 0 Å². The molecule has 1 fully saturated rings. The Balaban J connectivity index is 1.86. The van der Waals surface area contributed by atoms with Crippen molar-refractivity contribution in [1.82, 2.24) is 10.6 Å². The van der Waals surface area contributed by atoms with E-state index < -0.39 is 0 Å². The van der Waals surface area contributed by atoms with Crippen LogP contribution in [-0.4, -0.2) is 38.9 Å². The summed E-state index contributed by atoms with van der Waals surface area (Å²) < 4.78 is 5.60. The van der Waals surface area contributed by atoms with Crippen molar-refractivity contribution >= 4 is 0 Å². The van der Waals surface area contributed by atoms with Crippen molar-refractivity contribution in [2.24, 2.45) is 0 Å². The molecule has 0 aromatic heterocycles. The standard InChI is InChI=1S/C10H22N2O/c1-2-11-6-7-12-9-10-5-3-4-8-13-10/h10-12H,2-9H2,1H3. The van der Waals surface area contributed by atoms with Crippen molar-refractivity contribution in [3.8, 4) is 0 Å². The molecule has 0 aliphatic carbocycles. The molecule has 0 bridgehead atoms. The molecular formula is C10H22N2O. The van der Waals surface area contributed by atoms with Gasteiger partial charge in [-0.05, 0) is 25.8 Å². The van der Waals surface area contributed by atoms with Crippen molar-refractivity contribution in [2.45, 2.75) is 32.3 Å². The van der Waals surface area contributed by atoms with E-state index in [1.807, 2.05) is 0 Å². The second-order valence-electron chi connectivity index (χ2n) is 3.55. The molecule has 1 aliphatic heterocycles. The maximum absolute atomic E-state index is 5.60. The number of nitrogens with one attached hydrogen (secondary N) is 2. The Bertz CT molecular complexity index is 113. The van der Waals surface area contributed by atoms with E-state index in [1.165, 1.54) is 19.3 Å². The largest absolute Gasteiger partial charge is 0.377 e. The fourth-order valence-electron chi connectivity index (χ4n) is 1.58. The second-order valence-corrected chi connectivity index (χ2v) is 3.55. The highest BCUT2D eigenvalue weighted by Gasteiger charge is 2.12. The molecule has 0 spiro atoms. The van der Waals surface area contributed by atoms with Gasteiger partial charge in [0.25, 0.3) is 0 Å². The van der Waals surface area contributed by atoms with Crippen molar-refractivity contribution < 1.29 is 4.74 Å². The van der Waals surface area contributed by atoms with E-state index in [4.69, 9.17) is 4.74 Å². The lowest BCUT2D eigenvalue weighted by Gasteiger charge is -2.22. The van der Waals surface area contributed by atoms with E-state index in [9.17, 15) is 0 Å². The van der Waals surface area contributed by atoms with Gasteiger partial charge in [-0.3, -0.25) is 0 Å². The predicted molar refractivity (Wildman–Crippen MR) is 55.0 cm³/mol.